The first-order valence-electron chi connectivity index (χ1n) is 8.66. The van der Waals surface area contributed by atoms with Crippen LogP contribution in [-0.2, 0) is 5.60 Å². The van der Waals surface area contributed by atoms with E-state index in [2.05, 4.69) is 4.98 Å². The second kappa shape index (κ2) is 6.98. The predicted octanol–water partition coefficient (Wildman–Crippen LogP) is 4.41. The molecule has 0 saturated heterocycles. The number of rotatable bonds is 5. The van der Waals surface area contributed by atoms with E-state index in [0.29, 0.717) is 0 Å². The first-order valence-corrected chi connectivity index (χ1v) is 8.66. The van der Waals surface area contributed by atoms with Crippen molar-refractivity contribution in [3.63, 3.8) is 0 Å². The van der Waals surface area contributed by atoms with Crippen LogP contribution in [0.1, 0.15) is 22.7 Å². The van der Waals surface area contributed by atoms with Crippen LogP contribution in [0, 0.1) is 0 Å². The van der Waals surface area contributed by atoms with E-state index in [9.17, 15) is 5.11 Å². The zero-order chi connectivity index (χ0) is 17.8. The summed E-state index contributed by atoms with van der Waals surface area (Å²) in [6, 6.07) is 29.4. The van der Waals surface area contributed by atoms with Gasteiger partial charge in [0.05, 0.1) is 12.4 Å². The van der Waals surface area contributed by atoms with Crippen LogP contribution < -0.4 is 0 Å². The molecule has 26 heavy (non-hydrogen) atoms. The minimum Gasteiger partial charge on any atom is -0.378 e. The van der Waals surface area contributed by atoms with Gasteiger partial charge in [-0.05, 0) is 16.7 Å². The maximum Gasteiger partial charge on any atom is 0.139 e. The van der Waals surface area contributed by atoms with Gasteiger partial charge in [-0.2, -0.15) is 0 Å². The molecule has 3 aromatic carbocycles. The van der Waals surface area contributed by atoms with Gasteiger partial charge in [0.25, 0.3) is 0 Å². The average molecular weight is 340 g/mol. The second-order valence-corrected chi connectivity index (χ2v) is 6.32. The topological polar surface area (TPSA) is 38.0 Å². The minimum absolute atomic E-state index is 0.351. The van der Waals surface area contributed by atoms with Crippen molar-refractivity contribution in [2.24, 2.45) is 0 Å². The molecule has 1 aromatic heterocycles. The van der Waals surface area contributed by atoms with Crippen LogP contribution in [0.4, 0.5) is 0 Å². The Hall–Kier alpha value is -3.17. The zero-order valence-corrected chi connectivity index (χ0v) is 14.3. The van der Waals surface area contributed by atoms with Crippen LogP contribution in [0.2, 0.25) is 0 Å². The highest BCUT2D eigenvalue weighted by Gasteiger charge is 2.42. The number of aliphatic hydroxyl groups is 1. The number of hydrogen-bond donors (Lipinski definition) is 1. The largest absolute Gasteiger partial charge is 0.378 e. The van der Waals surface area contributed by atoms with Gasteiger partial charge in [0, 0.05) is 12.4 Å². The molecule has 4 rings (SSSR count). The molecule has 0 saturated carbocycles. The van der Waals surface area contributed by atoms with Crippen molar-refractivity contribution in [3.8, 4) is 0 Å². The fourth-order valence-corrected chi connectivity index (χ4v) is 3.55. The van der Waals surface area contributed by atoms with Crippen molar-refractivity contribution in [1.29, 1.82) is 0 Å². The Balaban J connectivity index is 2.00. The first-order chi connectivity index (χ1) is 12.8. The van der Waals surface area contributed by atoms with Gasteiger partial charge in [-0.1, -0.05) is 91.0 Å². The summed E-state index contributed by atoms with van der Waals surface area (Å²) in [5.41, 5.74) is 1.45. The lowest BCUT2D eigenvalue weighted by Crippen LogP contribution is -2.38. The summed E-state index contributed by atoms with van der Waals surface area (Å²) >= 11 is 0. The number of nitrogens with zero attached hydrogens (tertiary/aromatic N) is 2. The third-order valence-electron chi connectivity index (χ3n) is 4.76. The zero-order valence-electron chi connectivity index (χ0n) is 14.3. The molecular weight excluding hydrogens is 320 g/mol. The van der Waals surface area contributed by atoms with Crippen LogP contribution in [0.3, 0.4) is 0 Å². The van der Waals surface area contributed by atoms with Crippen molar-refractivity contribution in [2.75, 3.05) is 0 Å². The molecule has 0 amide bonds. The van der Waals surface area contributed by atoms with E-state index in [1.54, 1.807) is 12.5 Å². The number of aromatic nitrogens is 2. The molecular formula is C23H20N2O. The molecule has 1 atom stereocenters. The summed E-state index contributed by atoms with van der Waals surface area (Å²) < 4.78 is 1.97. The summed E-state index contributed by atoms with van der Waals surface area (Å²) in [7, 11) is 0. The highest BCUT2D eigenvalue weighted by atomic mass is 16.3. The van der Waals surface area contributed by atoms with Gasteiger partial charge in [0.15, 0.2) is 0 Å². The first kappa shape index (κ1) is 16.3. The van der Waals surface area contributed by atoms with Gasteiger partial charge in [-0.25, -0.2) is 4.98 Å². The van der Waals surface area contributed by atoms with Gasteiger partial charge >= 0.3 is 0 Å². The van der Waals surface area contributed by atoms with Crippen LogP contribution in [0.25, 0.3) is 0 Å². The molecule has 4 aromatic rings. The van der Waals surface area contributed by atoms with Crippen LogP contribution in [-0.4, -0.2) is 14.7 Å². The SMILES string of the molecule is OC(c1ccccc1)(c1ccccc1)C(c1ccccc1)n1ccnc1. The number of imidazole rings is 1. The standard InChI is InChI=1S/C23H20N2O/c26-23(20-12-6-2-7-13-20,21-14-8-3-9-15-21)22(25-17-16-24-18-25)19-10-4-1-5-11-19/h1-18,22,26H. The van der Waals surface area contributed by atoms with Crippen molar-refractivity contribution < 1.29 is 5.11 Å². The molecule has 0 aliphatic heterocycles. The molecule has 0 bridgehead atoms. The lowest BCUT2D eigenvalue weighted by Gasteiger charge is -2.38. The van der Waals surface area contributed by atoms with Gasteiger partial charge in [0.2, 0.25) is 0 Å². The van der Waals surface area contributed by atoms with Gasteiger partial charge < -0.3 is 9.67 Å². The van der Waals surface area contributed by atoms with Gasteiger partial charge in [-0.3, -0.25) is 0 Å². The Labute approximate surface area is 153 Å². The van der Waals surface area contributed by atoms with E-state index in [1.165, 1.54) is 0 Å². The van der Waals surface area contributed by atoms with Crippen LogP contribution >= 0.6 is 0 Å². The average Bonchev–Trinajstić information content (AvgIpc) is 3.24. The molecule has 1 heterocycles. The van der Waals surface area contributed by atoms with Crippen molar-refractivity contribution >= 4 is 0 Å². The molecule has 0 spiro atoms. The van der Waals surface area contributed by atoms with Gasteiger partial charge in [0.1, 0.15) is 5.60 Å². The fourth-order valence-electron chi connectivity index (χ4n) is 3.55. The summed E-state index contributed by atoms with van der Waals surface area (Å²) in [6.45, 7) is 0. The number of hydrogen-bond acceptors (Lipinski definition) is 2. The normalized spacial score (nSPS) is 12.7. The van der Waals surface area contributed by atoms with E-state index < -0.39 is 5.60 Å². The van der Waals surface area contributed by atoms with E-state index >= 15 is 0 Å². The Kier molecular flexibility index (Phi) is 4.38. The molecule has 3 heteroatoms. The van der Waals surface area contributed by atoms with E-state index in [0.717, 1.165) is 16.7 Å². The Morgan fingerprint density at radius 2 is 1.23 bits per heavy atom. The molecule has 128 valence electrons. The fraction of sp³-hybridized carbons (Fsp3) is 0.0870. The quantitative estimate of drug-likeness (QED) is 0.584. The maximum absolute atomic E-state index is 12.2. The molecule has 1 unspecified atom stereocenters. The van der Waals surface area contributed by atoms with E-state index in [1.807, 2.05) is 102 Å². The van der Waals surface area contributed by atoms with E-state index in [4.69, 9.17) is 0 Å². The minimum atomic E-state index is -1.25. The second-order valence-electron chi connectivity index (χ2n) is 6.32. The Morgan fingerprint density at radius 3 is 1.69 bits per heavy atom. The lowest BCUT2D eigenvalue weighted by atomic mass is 9.77. The monoisotopic (exact) mass is 340 g/mol. The molecule has 0 fully saturated rings. The summed E-state index contributed by atoms with van der Waals surface area (Å²) in [5.74, 6) is 0. The third kappa shape index (κ3) is 2.83. The van der Waals surface area contributed by atoms with Crippen molar-refractivity contribution in [2.45, 2.75) is 11.6 Å². The molecule has 0 radical (unpaired) electrons. The summed E-state index contributed by atoms with van der Waals surface area (Å²) in [4.78, 5) is 4.22. The highest BCUT2D eigenvalue weighted by Crippen LogP contribution is 2.43. The smallest absolute Gasteiger partial charge is 0.139 e. The molecule has 0 aliphatic rings. The Bertz CT molecular complexity index is 896. The van der Waals surface area contributed by atoms with Crippen LogP contribution in [0.5, 0.6) is 0 Å². The van der Waals surface area contributed by atoms with Crippen molar-refractivity contribution in [3.05, 3.63) is 126 Å². The van der Waals surface area contributed by atoms with Crippen LogP contribution in [0.15, 0.2) is 110 Å². The van der Waals surface area contributed by atoms with Gasteiger partial charge in [-0.15, -0.1) is 0 Å². The summed E-state index contributed by atoms with van der Waals surface area (Å²) in [5, 5.41) is 12.2. The third-order valence-corrected chi connectivity index (χ3v) is 4.76. The molecule has 3 nitrogen and oxygen atoms in total. The summed E-state index contributed by atoms with van der Waals surface area (Å²) in [6.07, 6.45) is 5.40. The van der Waals surface area contributed by atoms with E-state index in [-0.39, 0.29) is 6.04 Å². The lowest BCUT2D eigenvalue weighted by molar-refractivity contribution is 0.0382. The highest BCUT2D eigenvalue weighted by molar-refractivity contribution is 5.42. The maximum atomic E-state index is 12.2. The molecule has 0 aliphatic carbocycles. The predicted molar refractivity (Wildman–Crippen MR) is 103 cm³/mol. The molecule has 1 N–H and O–H groups in total. The van der Waals surface area contributed by atoms with Crippen molar-refractivity contribution in [1.82, 2.24) is 9.55 Å². The Morgan fingerprint density at radius 1 is 0.731 bits per heavy atom. The number of benzene rings is 3.